The SMILES string of the molecule is CC(C)O[SiH](CCCCCl)OC(C)C. The van der Waals surface area contributed by atoms with Gasteiger partial charge in [0, 0.05) is 18.1 Å². The Balaban J connectivity index is 3.72. The van der Waals surface area contributed by atoms with Crippen molar-refractivity contribution in [3.8, 4) is 0 Å². The molecule has 0 spiro atoms. The van der Waals surface area contributed by atoms with Crippen LogP contribution in [0.3, 0.4) is 0 Å². The Morgan fingerprint density at radius 3 is 1.86 bits per heavy atom. The van der Waals surface area contributed by atoms with Gasteiger partial charge in [-0.25, -0.2) is 0 Å². The molecule has 0 rings (SSSR count). The van der Waals surface area contributed by atoms with Gasteiger partial charge >= 0.3 is 9.28 Å². The van der Waals surface area contributed by atoms with Crippen LogP contribution in [0.5, 0.6) is 0 Å². The van der Waals surface area contributed by atoms with Gasteiger partial charge in [0.15, 0.2) is 0 Å². The molecule has 0 saturated heterocycles. The predicted molar refractivity (Wildman–Crippen MR) is 64.4 cm³/mol. The standard InChI is InChI=1S/C10H23ClO2Si/c1-9(2)12-14(13-10(3)4)8-6-5-7-11/h9-10,14H,5-8H2,1-4H3. The Morgan fingerprint density at radius 1 is 1.00 bits per heavy atom. The highest BCUT2D eigenvalue weighted by Crippen LogP contribution is 2.09. The van der Waals surface area contributed by atoms with Gasteiger partial charge in [-0.15, -0.1) is 11.6 Å². The first kappa shape index (κ1) is 14.4. The maximum absolute atomic E-state index is 5.78. The average Bonchev–Trinajstić information content (AvgIpc) is 2.02. The molecule has 0 N–H and O–H groups in total. The zero-order chi connectivity index (χ0) is 11.0. The molecule has 0 unspecified atom stereocenters. The molecule has 0 bridgehead atoms. The van der Waals surface area contributed by atoms with Crippen molar-refractivity contribution in [3.63, 3.8) is 0 Å². The van der Waals surface area contributed by atoms with Crippen LogP contribution in [0, 0.1) is 0 Å². The molecule has 0 amide bonds. The molecular formula is C10H23ClO2Si. The maximum atomic E-state index is 5.78. The number of halogens is 1. The van der Waals surface area contributed by atoms with Crippen molar-refractivity contribution in [1.29, 1.82) is 0 Å². The van der Waals surface area contributed by atoms with Crippen LogP contribution in [0.4, 0.5) is 0 Å². The van der Waals surface area contributed by atoms with E-state index in [1.807, 2.05) is 0 Å². The summed E-state index contributed by atoms with van der Waals surface area (Å²) < 4.78 is 11.6. The van der Waals surface area contributed by atoms with E-state index in [9.17, 15) is 0 Å². The fourth-order valence-corrected chi connectivity index (χ4v) is 3.54. The largest absolute Gasteiger partial charge is 0.394 e. The molecule has 0 aromatic rings. The number of alkyl halides is 1. The molecule has 0 aliphatic heterocycles. The van der Waals surface area contributed by atoms with Crippen molar-refractivity contribution in [2.24, 2.45) is 0 Å². The Kier molecular flexibility index (Phi) is 8.98. The number of rotatable bonds is 8. The molecule has 0 heterocycles. The van der Waals surface area contributed by atoms with Crippen LogP contribution in [-0.2, 0) is 8.85 Å². The second-order valence-corrected chi connectivity index (χ2v) is 6.34. The lowest BCUT2D eigenvalue weighted by Gasteiger charge is -2.21. The number of hydrogen-bond acceptors (Lipinski definition) is 2. The van der Waals surface area contributed by atoms with E-state index in [-0.39, 0.29) is 12.2 Å². The van der Waals surface area contributed by atoms with Gasteiger partial charge in [0.1, 0.15) is 0 Å². The molecule has 0 fully saturated rings. The van der Waals surface area contributed by atoms with E-state index in [4.69, 9.17) is 20.5 Å². The highest BCUT2D eigenvalue weighted by molar-refractivity contribution is 6.44. The predicted octanol–water partition coefficient (Wildman–Crippen LogP) is 3.08. The third-order valence-corrected chi connectivity index (χ3v) is 4.51. The molecule has 0 aliphatic rings. The third kappa shape index (κ3) is 9.00. The lowest BCUT2D eigenvalue weighted by atomic mass is 10.4. The van der Waals surface area contributed by atoms with Gasteiger partial charge in [0.25, 0.3) is 0 Å². The van der Waals surface area contributed by atoms with Crippen molar-refractivity contribution in [3.05, 3.63) is 0 Å². The summed E-state index contributed by atoms with van der Waals surface area (Å²) in [6.45, 7) is 8.24. The van der Waals surface area contributed by atoms with E-state index in [0.717, 1.165) is 24.8 Å². The molecule has 0 aromatic heterocycles. The molecule has 0 aromatic carbocycles. The molecule has 2 nitrogen and oxygen atoms in total. The van der Waals surface area contributed by atoms with Gasteiger partial charge in [-0.05, 0) is 40.2 Å². The summed E-state index contributed by atoms with van der Waals surface area (Å²) in [6.07, 6.45) is 2.75. The number of unbranched alkanes of at least 4 members (excludes halogenated alkanes) is 1. The quantitative estimate of drug-likeness (QED) is 0.368. The minimum Gasteiger partial charge on any atom is -0.394 e. The first-order valence-corrected chi connectivity index (χ1v) is 7.72. The molecule has 86 valence electrons. The van der Waals surface area contributed by atoms with Gasteiger partial charge in [-0.2, -0.15) is 0 Å². The fourth-order valence-electron chi connectivity index (χ4n) is 1.18. The zero-order valence-corrected chi connectivity index (χ0v) is 11.7. The molecule has 0 aliphatic carbocycles. The fraction of sp³-hybridized carbons (Fsp3) is 1.00. The highest BCUT2D eigenvalue weighted by atomic mass is 35.5. The van der Waals surface area contributed by atoms with E-state index in [2.05, 4.69) is 27.7 Å². The first-order valence-electron chi connectivity index (χ1n) is 5.43. The van der Waals surface area contributed by atoms with E-state index in [1.54, 1.807) is 0 Å². The second-order valence-electron chi connectivity index (χ2n) is 3.98. The van der Waals surface area contributed by atoms with Gasteiger partial charge in [-0.1, -0.05) is 6.42 Å². The Hall–Kier alpha value is 0.427. The highest BCUT2D eigenvalue weighted by Gasteiger charge is 2.16. The monoisotopic (exact) mass is 238 g/mol. The van der Waals surface area contributed by atoms with E-state index < -0.39 is 9.28 Å². The van der Waals surface area contributed by atoms with Crippen LogP contribution in [0.25, 0.3) is 0 Å². The molecule has 14 heavy (non-hydrogen) atoms. The Labute approximate surface area is 94.8 Å². The van der Waals surface area contributed by atoms with Crippen LogP contribution >= 0.6 is 11.6 Å². The summed E-state index contributed by atoms with van der Waals surface area (Å²) in [5, 5.41) is 0. The van der Waals surface area contributed by atoms with Gasteiger partial charge in [0.2, 0.25) is 0 Å². The van der Waals surface area contributed by atoms with Crippen molar-refractivity contribution < 1.29 is 8.85 Å². The van der Waals surface area contributed by atoms with Crippen LogP contribution < -0.4 is 0 Å². The Bertz CT molecular complexity index is 121. The van der Waals surface area contributed by atoms with Gasteiger partial charge in [0.05, 0.1) is 0 Å². The first-order chi connectivity index (χ1) is 6.56. The van der Waals surface area contributed by atoms with E-state index in [1.165, 1.54) is 0 Å². The smallest absolute Gasteiger partial charge is 0.321 e. The van der Waals surface area contributed by atoms with Crippen molar-refractivity contribution in [2.75, 3.05) is 5.88 Å². The van der Waals surface area contributed by atoms with Crippen LogP contribution in [0.15, 0.2) is 0 Å². The summed E-state index contributed by atoms with van der Waals surface area (Å²) in [6, 6.07) is 1.07. The van der Waals surface area contributed by atoms with Crippen molar-refractivity contribution >= 4 is 20.9 Å². The molecule has 0 atom stereocenters. The maximum Gasteiger partial charge on any atom is 0.321 e. The van der Waals surface area contributed by atoms with E-state index in [0.29, 0.717) is 0 Å². The lowest BCUT2D eigenvalue weighted by molar-refractivity contribution is 0.129. The van der Waals surface area contributed by atoms with Crippen LogP contribution in [0.2, 0.25) is 6.04 Å². The summed E-state index contributed by atoms with van der Waals surface area (Å²) in [5.74, 6) is 0.741. The van der Waals surface area contributed by atoms with Gasteiger partial charge < -0.3 is 8.85 Å². The summed E-state index contributed by atoms with van der Waals surface area (Å²) in [5.41, 5.74) is 0. The number of hydrogen-bond donors (Lipinski definition) is 0. The summed E-state index contributed by atoms with van der Waals surface area (Å²) >= 11 is 5.63. The lowest BCUT2D eigenvalue weighted by Crippen LogP contribution is -2.29. The molecule has 0 saturated carbocycles. The zero-order valence-electron chi connectivity index (χ0n) is 9.75. The summed E-state index contributed by atoms with van der Waals surface area (Å²) in [7, 11) is -1.44. The summed E-state index contributed by atoms with van der Waals surface area (Å²) in [4.78, 5) is 0. The normalized spacial score (nSPS) is 12.0. The minimum atomic E-state index is -1.44. The topological polar surface area (TPSA) is 18.5 Å². The molecule has 4 heteroatoms. The van der Waals surface area contributed by atoms with Crippen molar-refractivity contribution in [1.82, 2.24) is 0 Å². The Morgan fingerprint density at radius 2 is 1.50 bits per heavy atom. The van der Waals surface area contributed by atoms with Crippen LogP contribution in [0.1, 0.15) is 40.5 Å². The molecule has 0 radical (unpaired) electrons. The average molecular weight is 239 g/mol. The second kappa shape index (κ2) is 8.71. The van der Waals surface area contributed by atoms with Crippen LogP contribution in [-0.4, -0.2) is 27.4 Å². The minimum absolute atomic E-state index is 0.279. The molecular weight excluding hydrogens is 216 g/mol. The van der Waals surface area contributed by atoms with Crippen molar-refractivity contribution in [2.45, 2.75) is 58.8 Å². The van der Waals surface area contributed by atoms with E-state index >= 15 is 0 Å². The third-order valence-electron chi connectivity index (χ3n) is 1.67. The van der Waals surface area contributed by atoms with Gasteiger partial charge in [-0.3, -0.25) is 0 Å².